The second kappa shape index (κ2) is 7.53. The molecule has 3 aromatic rings. The number of oxazole rings is 1. The van der Waals surface area contributed by atoms with E-state index in [0.29, 0.717) is 10.9 Å². The van der Waals surface area contributed by atoms with Gasteiger partial charge in [0.25, 0.3) is 5.22 Å². The lowest BCUT2D eigenvalue weighted by Gasteiger charge is -2.15. The van der Waals surface area contributed by atoms with E-state index in [-0.39, 0.29) is 11.7 Å². The van der Waals surface area contributed by atoms with Crippen molar-refractivity contribution in [3.63, 3.8) is 0 Å². The summed E-state index contributed by atoms with van der Waals surface area (Å²) in [5.41, 5.74) is 2.17. The molecule has 1 N–H and O–H groups in total. The Bertz CT molecular complexity index is 843. The Morgan fingerprint density at radius 1 is 1.12 bits per heavy atom. The molecule has 0 radical (unpaired) electrons. The van der Waals surface area contributed by atoms with Gasteiger partial charge < -0.3 is 9.73 Å². The molecule has 1 aromatic heterocycles. The zero-order valence-electron chi connectivity index (χ0n) is 13.8. The van der Waals surface area contributed by atoms with Crippen LogP contribution in [0.15, 0.2) is 64.2 Å². The molecule has 0 fully saturated rings. The minimum atomic E-state index is -0.538. The Hall–Kier alpha value is -2.60. The van der Waals surface area contributed by atoms with Crippen LogP contribution in [-0.4, -0.2) is 10.9 Å². The van der Waals surface area contributed by atoms with Crippen LogP contribution in [0, 0.1) is 19.7 Å². The fourth-order valence-corrected chi connectivity index (χ4v) is 3.26. The lowest BCUT2D eigenvalue weighted by molar-refractivity contribution is -0.115. The maximum atomic E-state index is 13.0. The van der Waals surface area contributed by atoms with Crippen LogP contribution in [0.2, 0.25) is 0 Å². The van der Waals surface area contributed by atoms with Gasteiger partial charge >= 0.3 is 0 Å². The molecule has 0 spiro atoms. The normalized spacial score (nSPS) is 12.0. The van der Waals surface area contributed by atoms with Crippen LogP contribution in [0.5, 0.6) is 0 Å². The maximum absolute atomic E-state index is 13.0. The number of amides is 1. The number of aryl methyl sites for hydroxylation is 2. The van der Waals surface area contributed by atoms with Crippen molar-refractivity contribution in [3.8, 4) is 0 Å². The predicted octanol–water partition coefficient (Wildman–Crippen LogP) is 4.90. The van der Waals surface area contributed by atoms with Crippen molar-refractivity contribution in [1.29, 1.82) is 0 Å². The van der Waals surface area contributed by atoms with Gasteiger partial charge in [0.15, 0.2) is 0 Å². The zero-order chi connectivity index (χ0) is 17.8. The standard InChI is InChI=1S/C19H17FN2O2S/c1-12-13(2)24-19(21-12)25-17(14-6-4-3-5-7-14)18(23)22-16-10-8-15(20)9-11-16/h3-11,17H,1-2H3,(H,22,23). The minimum absolute atomic E-state index is 0.226. The summed E-state index contributed by atoms with van der Waals surface area (Å²) in [6.45, 7) is 3.70. The number of aromatic nitrogens is 1. The molecule has 4 nitrogen and oxygen atoms in total. The summed E-state index contributed by atoms with van der Waals surface area (Å²) < 4.78 is 18.6. The molecule has 0 aliphatic carbocycles. The first-order valence-electron chi connectivity index (χ1n) is 7.75. The van der Waals surface area contributed by atoms with E-state index >= 15 is 0 Å². The van der Waals surface area contributed by atoms with Gasteiger partial charge in [0.1, 0.15) is 16.8 Å². The van der Waals surface area contributed by atoms with E-state index in [1.807, 2.05) is 44.2 Å². The summed E-state index contributed by atoms with van der Waals surface area (Å²) >= 11 is 1.24. The summed E-state index contributed by atoms with van der Waals surface area (Å²) in [4.78, 5) is 17.1. The summed E-state index contributed by atoms with van der Waals surface area (Å²) in [6, 6.07) is 15.1. The molecule has 2 aromatic carbocycles. The molecule has 0 aliphatic heterocycles. The third-order valence-corrected chi connectivity index (χ3v) is 4.78. The van der Waals surface area contributed by atoms with E-state index in [9.17, 15) is 9.18 Å². The maximum Gasteiger partial charge on any atom is 0.257 e. The Balaban J connectivity index is 1.85. The number of nitrogens with zero attached hydrogens (tertiary/aromatic N) is 1. The van der Waals surface area contributed by atoms with E-state index in [2.05, 4.69) is 10.3 Å². The van der Waals surface area contributed by atoms with Gasteiger partial charge in [-0.1, -0.05) is 30.3 Å². The fraction of sp³-hybridized carbons (Fsp3) is 0.158. The number of rotatable bonds is 5. The topological polar surface area (TPSA) is 55.1 Å². The van der Waals surface area contributed by atoms with Gasteiger partial charge in [-0.05, 0) is 55.4 Å². The zero-order valence-corrected chi connectivity index (χ0v) is 14.6. The smallest absolute Gasteiger partial charge is 0.257 e. The number of nitrogens with one attached hydrogen (secondary N) is 1. The van der Waals surface area contributed by atoms with Gasteiger partial charge in [-0.25, -0.2) is 9.37 Å². The number of anilines is 1. The van der Waals surface area contributed by atoms with Crippen molar-refractivity contribution in [2.75, 3.05) is 5.32 Å². The summed E-state index contributed by atoms with van der Waals surface area (Å²) in [7, 11) is 0. The van der Waals surface area contributed by atoms with Crippen LogP contribution in [0.1, 0.15) is 22.3 Å². The van der Waals surface area contributed by atoms with Crippen LogP contribution >= 0.6 is 11.8 Å². The first kappa shape index (κ1) is 17.2. The average Bonchev–Trinajstić information content (AvgIpc) is 2.93. The molecule has 1 heterocycles. The number of hydrogen-bond acceptors (Lipinski definition) is 4. The van der Waals surface area contributed by atoms with Crippen molar-refractivity contribution in [3.05, 3.63) is 77.4 Å². The number of carbonyl (C=O) groups excluding carboxylic acids is 1. The summed E-state index contributed by atoms with van der Waals surface area (Å²) in [6.07, 6.45) is 0. The second-order valence-electron chi connectivity index (χ2n) is 5.53. The highest BCUT2D eigenvalue weighted by atomic mass is 32.2. The molecular weight excluding hydrogens is 339 g/mol. The van der Waals surface area contributed by atoms with Crippen LogP contribution in [0.4, 0.5) is 10.1 Å². The Morgan fingerprint density at radius 3 is 2.40 bits per heavy atom. The van der Waals surface area contributed by atoms with E-state index in [1.54, 1.807) is 0 Å². The summed E-state index contributed by atoms with van der Waals surface area (Å²) in [5, 5.41) is 2.72. The highest BCUT2D eigenvalue weighted by molar-refractivity contribution is 8.00. The van der Waals surface area contributed by atoms with Crippen LogP contribution in [0.3, 0.4) is 0 Å². The van der Waals surface area contributed by atoms with Crippen molar-refractivity contribution in [2.24, 2.45) is 0 Å². The molecule has 0 saturated heterocycles. The Morgan fingerprint density at radius 2 is 1.80 bits per heavy atom. The van der Waals surface area contributed by atoms with Crippen molar-refractivity contribution in [1.82, 2.24) is 4.98 Å². The van der Waals surface area contributed by atoms with Gasteiger partial charge in [-0.15, -0.1) is 0 Å². The fourth-order valence-electron chi connectivity index (χ4n) is 2.24. The highest BCUT2D eigenvalue weighted by Crippen LogP contribution is 2.36. The highest BCUT2D eigenvalue weighted by Gasteiger charge is 2.25. The van der Waals surface area contributed by atoms with Crippen molar-refractivity contribution < 1.29 is 13.6 Å². The largest absolute Gasteiger partial charge is 0.437 e. The first-order valence-corrected chi connectivity index (χ1v) is 8.63. The lowest BCUT2D eigenvalue weighted by atomic mass is 10.1. The third-order valence-electron chi connectivity index (χ3n) is 3.68. The molecule has 0 bridgehead atoms. The molecule has 1 atom stereocenters. The Labute approximate surface area is 149 Å². The first-order chi connectivity index (χ1) is 12.0. The molecule has 0 aliphatic rings. The van der Waals surface area contributed by atoms with Crippen molar-refractivity contribution >= 4 is 23.4 Å². The number of hydrogen-bond donors (Lipinski definition) is 1. The predicted molar refractivity (Wildman–Crippen MR) is 96.0 cm³/mol. The number of carbonyl (C=O) groups is 1. The molecule has 25 heavy (non-hydrogen) atoms. The van der Waals surface area contributed by atoms with Gasteiger partial charge in [0, 0.05) is 5.69 Å². The average molecular weight is 356 g/mol. The van der Waals surface area contributed by atoms with Crippen LogP contribution in [0.25, 0.3) is 0 Å². The van der Waals surface area contributed by atoms with Gasteiger partial charge in [0.2, 0.25) is 5.91 Å². The monoisotopic (exact) mass is 356 g/mol. The number of benzene rings is 2. The van der Waals surface area contributed by atoms with E-state index in [0.717, 1.165) is 17.0 Å². The van der Waals surface area contributed by atoms with Crippen LogP contribution in [-0.2, 0) is 4.79 Å². The van der Waals surface area contributed by atoms with E-state index in [4.69, 9.17) is 4.42 Å². The van der Waals surface area contributed by atoms with E-state index in [1.165, 1.54) is 36.0 Å². The molecule has 128 valence electrons. The van der Waals surface area contributed by atoms with E-state index < -0.39 is 5.25 Å². The molecule has 0 saturated carbocycles. The SMILES string of the molecule is Cc1nc(SC(C(=O)Nc2ccc(F)cc2)c2ccccc2)oc1C. The van der Waals surface area contributed by atoms with Gasteiger partial charge in [-0.2, -0.15) is 0 Å². The van der Waals surface area contributed by atoms with Gasteiger partial charge in [0.05, 0.1) is 5.69 Å². The number of thioether (sulfide) groups is 1. The molecule has 1 unspecified atom stereocenters. The Kier molecular flexibility index (Phi) is 5.19. The molecular formula is C19H17FN2O2S. The van der Waals surface area contributed by atoms with Crippen LogP contribution < -0.4 is 5.32 Å². The molecule has 6 heteroatoms. The van der Waals surface area contributed by atoms with Crippen molar-refractivity contribution in [2.45, 2.75) is 24.3 Å². The second-order valence-corrected chi connectivity index (χ2v) is 6.58. The minimum Gasteiger partial charge on any atom is -0.437 e. The molecule has 1 amide bonds. The third kappa shape index (κ3) is 4.28. The van der Waals surface area contributed by atoms with Gasteiger partial charge in [-0.3, -0.25) is 4.79 Å². The molecule has 3 rings (SSSR count). The summed E-state index contributed by atoms with van der Waals surface area (Å²) in [5.74, 6) is 0.155. The quantitative estimate of drug-likeness (QED) is 0.661. The lowest BCUT2D eigenvalue weighted by Crippen LogP contribution is -2.19. The number of halogens is 1.